The Bertz CT molecular complexity index is 724. The fourth-order valence-corrected chi connectivity index (χ4v) is 4.74. The first kappa shape index (κ1) is 15.7. The van der Waals surface area contributed by atoms with Gasteiger partial charge >= 0.3 is 0 Å². The van der Waals surface area contributed by atoms with Crippen molar-refractivity contribution >= 4 is 17.5 Å². The van der Waals surface area contributed by atoms with Gasteiger partial charge in [-0.2, -0.15) is 0 Å². The van der Waals surface area contributed by atoms with E-state index in [0.717, 1.165) is 42.9 Å². The quantitative estimate of drug-likeness (QED) is 0.887. The number of hydrogen-bond acceptors (Lipinski definition) is 4. The monoisotopic (exact) mass is 341 g/mol. The van der Waals surface area contributed by atoms with Crippen molar-refractivity contribution in [3.63, 3.8) is 0 Å². The molecular formula is C19H20FN3S. The lowest BCUT2D eigenvalue weighted by Gasteiger charge is -2.24. The highest BCUT2D eigenvalue weighted by Crippen LogP contribution is 2.48. The molecule has 1 aromatic heterocycles. The van der Waals surface area contributed by atoms with E-state index in [1.54, 1.807) is 0 Å². The van der Waals surface area contributed by atoms with Crippen molar-refractivity contribution in [1.29, 1.82) is 0 Å². The highest BCUT2D eigenvalue weighted by atomic mass is 32.2. The summed E-state index contributed by atoms with van der Waals surface area (Å²) in [6.07, 6.45) is 4.13. The Morgan fingerprint density at radius 3 is 2.54 bits per heavy atom. The molecule has 1 aromatic carbocycles. The summed E-state index contributed by atoms with van der Waals surface area (Å²) in [5.74, 6) is 0.365. The second-order valence-electron chi connectivity index (χ2n) is 6.17. The highest BCUT2D eigenvalue weighted by molar-refractivity contribution is 8.03. The van der Waals surface area contributed by atoms with Crippen LogP contribution >= 0.6 is 11.8 Å². The summed E-state index contributed by atoms with van der Waals surface area (Å²) in [4.78, 5) is 5.93. The maximum atomic E-state index is 13.2. The summed E-state index contributed by atoms with van der Waals surface area (Å²) in [5, 5.41) is 7.18. The van der Waals surface area contributed by atoms with Gasteiger partial charge in [-0.05, 0) is 61.7 Å². The molecule has 1 unspecified atom stereocenters. The van der Waals surface area contributed by atoms with Gasteiger partial charge in [0.05, 0.1) is 11.4 Å². The van der Waals surface area contributed by atoms with Crippen molar-refractivity contribution < 1.29 is 4.39 Å². The topological polar surface area (TPSA) is 37.0 Å². The molecule has 24 heavy (non-hydrogen) atoms. The zero-order valence-electron chi connectivity index (χ0n) is 13.3. The van der Waals surface area contributed by atoms with Gasteiger partial charge < -0.3 is 10.6 Å². The first-order valence-electron chi connectivity index (χ1n) is 8.36. The van der Waals surface area contributed by atoms with Gasteiger partial charge in [0.15, 0.2) is 0 Å². The zero-order chi connectivity index (χ0) is 16.4. The van der Waals surface area contributed by atoms with Crippen LogP contribution in [0, 0.1) is 11.7 Å². The predicted octanol–water partition coefficient (Wildman–Crippen LogP) is 3.92. The summed E-state index contributed by atoms with van der Waals surface area (Å²) >= 11 is 1.86. The lowest BCUT2D eigenvalue weighted by atomic mass is 9.96. The van der Waals surface area contributed by atoms with E-state index in [1.807, 2.05) is 42.2 Å². The zero-order valence-corrected chi connectivity index (χ0v) is 14.2. The van der Waals surface area contributed by atoms with E-state index in [-0.39, 0.29) is 11.2 Å². The van der Waals surface area contributed by atoms with Crippen molar-refractivity contribution in [2.45, 2.75) is 18.2 Å². The number of nitrogens with one attached hydrogen (secondary N) is 2. The number of aromatic nitrogens is 1. The lowest BCUT2D eigenvalue weighted by Crippen LogP contribution is -2.28. The molecule has 124 valence electrons. The molecule has 0 amide bonds. The molecule has 0 spiro atoms. The molecule has 1 saturated heterocycles. The molecule has 0 aliphatic carbocycles. The van der Waals surface area contributed by atoms with Crippen LogP contribution in [0.2, 0.25) is 0 Å². The number of halogens is 1. The van der Waals surface area contributed by atoms with Gasteiger partial charge in [-0.1, -0.05) is 30.0 Å². The Balaban J connectivity index is 1.65. The van der Waals surface area contributed by atoms with Crippen LogP contribution in [-0.4, -0.2) is 18.1 Å². The molecule has 2 aromatic rings. The van der Waals surface area contributed by atoms with Gasteiger partial charge in [0.2, 0.25) is 0 Å². The van der Waals surface area contributed by atoms with Crippen LogP contribution < -0.4 is 10.6 Å². The van der Waals surface area contributed by atoms with E-state index < -0.39 is 0 Å². The van der Waals surface area contributed by atoms with E-state index in [0.29, 0.717) is 5.92 Å². The molecule has 5 heteroatoms. The van der Waals surface area contributed by atoms with Crippen molar-refractivity contribution in [3.05, 3.63) is 70.6 Å². The van der Waals surface area contributed by atoms with Gasteiger partial charge in [-0.15, -0.1) is 0 Å². The fourth-order valence-electron chi connectivity index (χ4n) is 3.30. The molecule has 1 atom stereocenters. The molecule has 0 bridgehead atoms. The second-order valence-corrected chi connectivity index (χ2v) is 7.32. The smallest absolute Gasteiger partial charge is 0.123 e. The number of pyridine rings is 1. The van der Waals surface area contributed by atoms with Gasteiger partial charge in [-0.3, -0.25) is 4.98 Å². The molecule has 3 nitrogen and oxygen atoms in total. The van der Waals surface area contributed by atoms with Crippen LogP contribution in [0.25, 0.3) is 5.70 Å². The van der Waals surface area contributed by atoms with Crippen LogP contribution in [0.15, 0.2) is 53.6 Å². The molecule has 3 heterocycles. The van der Waals surface area contributed by atoms with Crippen molar-refractivity contribution in [3.8, 4) is 0 Å². The van der Waals surface area contributed by atoms with E-state index in [2.05, 4.69) is 21.7 Å². The Kier molecular flexibility index (Phi) is 4.54. The van der Waals surface area contributed by atoms with E-state index >= 15 is 0 Å². The minimum absolute atomic E-state index is 0.118. The number of piperidine rings is 1. The van der Waals surface area contributed by atoms with Gasteiger partial charge in [0.25, 0.3) is 0 Å². The average Bonchev–Trinajstić information content (AvgIpc) is 3.09. The molecule has 4 rings (SSSR count). The van der Waals surface area contributed by atoms with Crippen LogP contribution in [0.3, 0.4) is 0 Å². The summed E-state index contributed by atoms with van der Waals surface area (Å²) in [7, 11) is 0. The molecule has 2 N–H and O–H groups in total. The maximum absolute atomic E-state index is 13.2. The summed E-state index contributed by atoms with van der Waals surface area (Å²) in [6, 6.07) is 12.8. The minimum atomic E-state index is -0.196. The van der Waals surface area contributed by atoms with Crippen LogP contribution in [0.5, 0.6) is 0 Å². The van der Waals surface area contributed by atoms with E-state index in [1.165, 1.54) is 17.0 Å². The number of allylic oxidation sites excluding steroid dienone is 1. The normalized spacial score (nSPS) is 21.8. The lowest BCUT2D eigenvalue weighted by molar-refractivity contribution is 0.433. The van der Waals surface area contributed by atoms with E-state index in [4.69, 9.17) is 0 Å². The molecule has 1 fully saturated rings. The van der Waals surface area contributed by atoms with Crippen LogP contribution in [0.1, 0.15) is 29.5 Å². The average molecular weight is 341 g/mol. The number of benzene rings is 1. The highest BCUT2D eigenvalue weighted by Gasteiger charge is 2.32. The fraction of sp³-hybridized carbons (Fsp3) is 0.316. The van der Waals surface area contributed by atoms with Crippen LogP contribution in [0.4, 0.5) is 4.39 Å². The third kappa shape index (κ3) is 3.19. The molecule has 0 radical (unpaired) electrons. The Morgan fingerprint density at radius 1 is 1.04 bits per heavy atom. The largest absolute Gasteiger partial charge is 0.367 e. The van der Waals surface area contributed by atoms with Gasteiger partial charge in [0.1, 0.15) is 11.2 Å². The van der Waals surface area contributed by atoms with Gasteiger partial charge in [0, 0.05) is 11.1 Å². The first-order valence-corrected chi connectivity index (χ1v) is 9.24. The van der Waals surface area contributed by atoms with Crippen molar-refractivity contribution in [1.82, 2.24) is 15.6 Å². The van der Waals surface area contributed by atoms with Crippen LogP contribution in [-0.2, 0) is 0 Å². The first-order chi connectivity index (χ1) is 11.8. The SMILES string of the molecule is Fc1ccc(C2NC(c3ccccn3)=C(C3CCNCC3)S2)cc1. The minimum Gasteiger partial charge on any atom is -0.367 e. The third-order valence-electron chi connectivity index (χ3n) is 4.57. The Hall–Kier alpha value is -1.85. The summed E-state index contributed by atoms with van der Waals surface area (Å²) < 4.78 is 13.2. The number of hydrogen-bond donors (Lipinski definition) is 2. The van der Waals surface area contributed by atoms with Crippen molar-refractivity contribution in [2.75, 3.05) is 13.1 Å². The number of nitrogens with zero attached hydrogens (tertiary/aromatic N) is 1. The summed E-state index contributed by atoms with van der Waals surface area (Å²) in [5.41, 5.74) is 3.23. The molecule has 0 saturated carbocycles. The standard InChI is InChI=1S/C19H20FN3S/c20-15-6-4-14(5-7-15)19-23-17(16-3-1-2-10-22-16)18(24-19)13-8-11-21-12-9-13/h1-7,10,13,19,21,23H,8-9,11-12H2. The Labute approximate surface area is 145 Å². The second kappa shape index (κ2) is 6.95. The molecule has 2 aliphatic rings. The predicted molar refractivity (Wildman–Crippen MR) is 96.6 cm³/mol. The number of rotatable bonds is 3. The maximum Gasteiger partial charge on any atom is 0.123 e. The Morgan fingerprint density at radius 2 is 1.83 bits per heavy atom. The van der Waals surface area contributed by atoms with Gasteiger partial charge in [-0.25, -0.2) is 4.39 Å². The van der Waals surface area contributed by atoms with Crippen molar-refractivity contribution in [2.24, 2.45) is 5.92 Å². The molecular weight excluding hydrogens is 321 g/mol. The molecule has 2 aliphatic heterocycles. The van der Waals surface area contributed by atoms with E-state index in [9.17, 15) is 4.39 Å². The summed E-state index contributed by atoms with van der Waals surface area (Å²) in [6.45, 7) is 2.12. The number of thioether (sulfide) groups is 1. The third-order valence-corrected chi connectivity index (χ3v) is 5.99.